The monoisotopic (exact) mass is 671 g/mol. The van der Waals surface area contributed by atoms with Gasteiger partial charge in [-0.3, -0.25) is 0 Å². The van der Waals surface area contributed by atoms with Crippen molar-refractivity contribution in [2.24, 2.45) is 5.92 Å². The van der Waals surface area contributed by atoms with Crippen molar-refractivity contribution < 1.29 is 33.3 Å². The van der Waals surface area contributed by atoms with Crippen LogP contribution in [0.25, 0.3) is 0 Å². The van der Waals surface area contributed by atoms with Crippen molar-refractivity contribution in [2.75, 3.05) is 7.11 Å². The van der Waals surface area contributed by atoms with E-state index in [-0.39, 0.29) is 12.5 Å². The van der Waals surface area contributed by atoms with Crippen molar-refractivity contribution in [3.8, 4) is 5.75 Å². The number of amides is 1. The topological polar surface area (TPSA) is 103 Å². The van der Waals surface area contributed by atoms with Crippen LogP contribution >= 0.6 is 0 Å². The molecule has 0 saturated carbocycles. The van der Waals surface area contributed by atoms with E-state index in [4.69, 9.17) is 18.6 Å². The number of aliphatic hydroxyl groups excluding tert-OH is 1. The molecular weight excluding hydrogens is 611 g/mol. The van der Waals surface area contributed by atoms with Gasteiger partial charge in [0, 0.05) is 0 Å². The zero-order chi connectivity index (χ0) is 35.4. The highest BCUT2D eigenvalue weighted by Gasteiger charge is 2.48. The minimum Gasteiger partial charge on any atom is -0.497 e. The lowest BCUT2D eigenvalue weighted by atomic mass is 9.86. The van der Waals surface area contributed by atoms with Crippen LogP contribution in [0, 0.1) is 5.92 Å². The molecule has 0 heterocycles. The highest BCUT2D eigenvalue weighted by molar-refractivity contribution is 6.77. The minimum absolute atomic E-state index is 0.0472. The average Bonchev–Trinajstić information content (AvgIpc) is 2.98. The van der Waals surface area contributed by atoms with Gasteiger partial charge >= 0.3 is 12.1 Å². The number of nitrogens with one attached hydrogen (secondary N) is 1. The summed E-state index contributed by atoms with van der Waals surface area (Å²) in [6.45, 7) is 20.8. The van der Waals surface area contributed by atoms with E-state index >= 15 is 0 Å². The first-order valence-electron chi connectivity index (χ1n) is 17.2. The Hall–Kier alpha value is -2.88. The van der Waals surface area contributed by atoms with Gasteiger partial charge in [-0.2, -0.15) is 0 Å². The number of alkyl carbamates (subject to hydrolysis) is 1. The fourth-order valence-electron chi connectivity index (χ4n) is 6.79. The van der Waals surface area contributed by atoms with E-state index in [1.807, 2.05) is 49.4 Å². The third kappa shape index (κ3) is 12.6. The number of aliphatic hydroxyl groups is 1. The van der Waals surface area contributed by atoms with Gasteiger partial charge in [-0.1, -0.05) is 90.4 Å². The van der Waals surface area contributed by atoms with E-state index in [9.17, 15) is 14.7 Å². The molecule has 0 saturated heterocycles. The van der Waals surface area contributed by atoms with Crippen LogP contribution in [-0.4, -0.2) is 56.4 Å². The predicted octanol–water partition coefficient (Wildman–Crippen LogP) is 8.60. The molecule has 0 aliphatic rings. The van der Waals surface area contributed by atoms with Crippen molar-refractivity contribution in [3.63, 3.8) is 0 Å². The van der Waals surface area contributed by atoms with Gasteiger partial charge in [-0.05, 0) is 92.8 Å². The molecule has 4 atom stereocenters. The summed E-state index contributed by atoms with van der Waals surface area (Å²) in [5, 5.41) is 14.0. The molecule has 2 aromatic rings. The number of carbonyl (C=O) groups is 2. The summed E-state index contributed by atoms with van der Waals surface area (Å²) >= 11 is 0. The molecule has 264 valence electrons. The zero-order valence-electron chi connectivity index (χ0n) is 30.7. The van der Waals surface area contributed by atoms with E-state index in [2.05, 4.69) is 59.0 Å². The van der Waals surface area contributed by atoms with Gasteiger partial charge in [0.05, 0.1) is 19.3 Å². The molecule has 4 unspecified atom stereocenters. The van der Waals surface area contributed by atoms with Crippen LogP contribution in [-0.2, 0) is 31.7 Å². The summed E-state index contributed by atoms with van der Waals surface area (Å²) in [5.74, 6) is 0.221. The molecular formula is C38H61NO7Si. The highest BCUT2D eigenvalue weighted by Crippen LogP contribution is 2.44. The second kappa shape index (κ2) is 18.6. The SMILES string of the molecule is COc1ccc(CC(CCCC(NC(=O)OC(C)(C)C)C(=O)OCc2ccccc2)C(O[Si](C(C)C)(C(C)C)C(C)C)C(C)O)cc1. The molecule has 9 heteroatoms. The first-order valence-corrected chi connectivity index (χ1v) is 19.3. The smallest absolute Gasteiger partial charge is 0.408 e. The number of benzene rings is 2. The standard InChI is InChI=1S/C38H61NO7Si/c1-26(2)47(27(3)4,28(5)6)46-35(29(7)40)32(24-30-20-22-33(43-11)23-21-30)18-15-19-34(39-37(42)45-38(8,9)10)36(41)44-25-31-16-13-12-14-17-31/h12-14,16-17,20-23,26-29,32,34-35,40H,15,18-19,24-25H2,1-11H3,(H,39,42). The molecule has 2 rings (SSSR count). The Bertz CT molecular complexity index is 1190. The largest absolute Gasteiger partial charge is 0.497 e. The van der Waals surface area contributed by atoms with E-state index in [1.165, 1.54) is 0 Å². The molecule has 0 aromatic heterocycles. The molecule has 2 aromatic carbocycles. The zero-order valence-corrected chi connectivity index (χ0v) is 31.7. The highest BCUT2D eigenvalue weighted by atomic mass is 28.4. The molecule has 1 amide bonds. The normalized spacial score (nSPS) is 14.9. The maximum absolute atomic E-state index is 13.3. The van der Waals surface area contributed by atoms with Crippen molar-refractivity contribution in [2.45, 2.75) is 142 Å². The van der Waals surface area contributed by atoms with Gasteiger partial charge in [0.2, 0.25) is 8.32 Å². The minimum atomic E-state index is -2.34. The second-order valence-corrected chi connectivity index (χ2v) is 20.1. The predicted molar refractivity (Wildman–Crippen MR) is 191 cm³/mol. The van der Waals surface area contributed by atoms with E-state index < -0.39 is 44.2 Å². The summed E-state index contributed by atoms with van der Waals surface area (Å²) in [6.07, 6.45) is 0.514. The maximum atomic E-state index is 13.3. The van der Waals surface area contributed by atoms with Gasteiger partial charge in [-0.25, -0.2) is 9.59 Å². The Labute approximate surface area is 285 Å². The first-order chi connectivity index (χ1) is 22.0. The van der Waals surface area contributed by atoms with E-state index in [1.54, 1.807) is 27.9 Å². The second-order valence-electron chi connectivity index (χ2n) is 14.7. The Morgan fingerprint density at radius 2 is 1.40 bits per heavy atom. The lowest BCUT2D eigenvalue weighted by Crippen LogP contribution is -2.54. The summed E-state index contributed by atoms with van der Waals surface area (Å²) in [4.78, 5) is 26.1. The average molecular weight is 672 g/mol. The van der Waals surface area contributed by atoms with Crippen LogP contribution < -0.4 is 10.1 Å². The summed E-state index contributed by atoms with van der Waals surface area (Å²) in [6, 6.07) is 16.6. The molecule has 0 fully saturated rings. The Balaban J connectivity index is 2.36. The molecule has 0 spiro atoms. The molecule has 0 aliphatic carbocycles. The number of methoxy groups -OCH3 is 1. The van der Waals surface area contributed by atoms with Gasteiger partial charge in [0.15, 0.2) is 0 Å². The van der Waals surface area contributed by atoms with Gasteiger partial charge < -0.3 is 29.1 Å². The Morgan fingerprint density at radius 3 is 1.89 bits per heavy atom. The van der Waals surface area contributed by atoms with Crippen molar-refractivity contribution in [1.29, 1.82) is 0 Å². The molecule has 0 aliphatic heterocycles. The summed E-state index contributed by atoms with van der Waals surface area (Å²) < 4.78 is 23.8. The molecule has 0 radical (unpaired) electrons. The number of ether oxygens (including phenoxy) is 3. The van der Waals surface area contributed by atoms with E-state index in [0.717, 1.165) is 16.9 Å². The van der Waals surface area contributed by atoms with Gasteiger partial charge in [-0.15, -0.1) is 0 Å². The third-order valence-electron chi connectivity index (χ3n) is 8.91. The fourth-order valence-corrected chi connectivity index (χ4v) is 12.5. The molecule has 0 bridgehead atoms. The van der Waals surface area contributed by atoms with Crippen molar-refractivity contribution in [3.05, 3.63) is 65.7 Å². The summed E-state index contributed by atoms with van der Waals surface area (Å²) in [7, 11) is -0.694. The molecule has 8 nitrogen and oxygen atoms in total. The van der Waals surface area contributed by atoms with Gasteiger partial charge in [0.1, 0.15) is 24.0 Å². The van der Waals surface area contributed by atoms with Gasteiger partial charge in [0.25, 0.3) is 0 Å². The quantitative estimate of drug-likeness (QED) is 0.121. The lowest BCUT2D eigenvalue weighted by Gasteiger charge is -2.47. The maximum Gasteiger partial charge on any atom is 0.408 e. The fraction of sp³-hybridized carbons (Fsp3) is 0.632. The summed E-state index contributed by atoms with van der Waals surface area (Å²) in [5.41, 5.74) is 2.32. The Morgan fingerprint density at radius 1 is 0.830 bits per heavy atom. The van der Waals surface area contributed by atoms with Crippen LogP contribution in [0.5, 0.6) is 5.75 Å². The molecule has 47 heavy (non-hydrogen) atoms. The van der Waals surface area contributed by atoms with Crippen LogP contribution in [0.2, 0.25) is 16.6 Å². The first kappa shape index (κ1) is 40.3. The lowest BCUT2D eigenvalue weighted by molar-refractivity contribution is -0.147. The number of rotatable bonds is 18. The van der Waals surface area contributed by atoms with Crippen molar-refractivity contribution in [1.82, 2.24) is 5.32 Å². The van der Waals surface area contributed by atoms with Crippen molar-refractivity contribution >= 4 is 20.4 Å². The number of hydrogen-bond acceptors (Lipinski definition) is 7. The Kier molecular flexibility index (Phi) is 15.9. The number of carbonyl (C=O) groups excluding carboxylic acids is 2. The van der Waals surface area contributed by atoms with E-state index in [0.29, 0.717) is 42.3 Å². The third-order valence-corrected chi connectivity index (χ3v) is 15.0. The number of hydrogen-bond donors (Lipinski definition) is 2. The van der Waals surface area contributed by atoms with Crippen LogP contribution in [0.1, 0.15) is 99.6 Å². The number of esters is 1. The van der Waals surface area contributed by atoms with Crippen LogP contribution in [0.3, 0.4) is 0 Å². The van der Waals surface area contributed by atoms with Crippen LogP contribution in [0.15, 0.2) is 54.6 Å². The molecule has 2 N–H and O–H groups in total. The van der Waals surface area contributed by atoms with Crippen LogP contribution in [0.4, 0.5) is 4.79 Å².